The van der Waals surface area contributed by atoms with Crippen LogP contribution in [0.4, 0.5) is 5.69 Å². The number of sulfonamides is 1. The van der Waals surface area contributed by atoms with Gasteiger partial charge in [-0.15, -0.1) is 24.0 Å². The first-order valence-corrected chi connectivity index (χ1v) is 11.2. The van der Waals surface area contributed by atoms with Gasteiger partial charge in [-0.25, -0.2) is 13.4 Å². The number of aryl methyl sites for hydroxylation is 1. The van der Waals surface area contributed by atoms with Gasteiger partial charge in [-0.3, -0.25) is 0 Å². The molecule has 1 aliphatic heterocycles. The van der Waals surface area contributed by atoms with Crippen molar-refractivity contribution < 1.29 is 8.42 Å². The fourth-order valence-corrected chi connectivity index (χ4v) is 4.73. The lowest BCUT2D eigenvalue weighted by atomic mass is 10.1. The number of rotatable bonds is 6. The van der Waals surface area contributed by atoms with Crippen LogP contribution in [-0.2, 0) is 23.0 Å². The van der Waals surface area contributed by atoms with E-state index in [1.807, 2.05) is 12.1 Å². The van der Waals surface area contributed by atoms with Gasteiger partial charge in [0.25, 0.3) is 0 Å². The molecule has 1 fully saturated rings. The minimum atomic E-state index is -3.40. The van der Waals surface area contributed by atoms with E-state index < -0.39 is 10.0 Å². The first-order valence-electron chi connectivity index (χ1n) is 9.74. The average molecular weight is 528 g/mol. The summed E-state index contributed by atoms with van der Waals surface area (Å²) in [5.74, 6) is 0.328. The lowest BCUT2D eigenvalue weighted by Gasteiger charge is -2.25. The van der Waals surface area contributed by atoms with Gasteiger partial charge >= 0.3 is 0 Å². The summed E-state index contributed by atoms with van der Waals surface area (Å²) >= 11 is 0. The highest BCUT2D eigenvalue weighted by atomic mass is 127. The topological polar surface area (TPSA) is 87.8 Å². The van der Waals surface area contributed by atoms with E-state index in [4.69, 9.17) is 5.73 Å². The summed E-state index contributed by atoms with van der Waals surface area (Å²) in [6.07, 6.45) is 3.95. The van der Waals surface area contributed by atoms with Gasteiger partial charge in [0.1, 0.15) is 0 Å². The normalized spacial score (nSPS) is 15.6. The molecular weight excluding hydrogens is 499 g/mol. The minimum Gasteiger partial charge on any atom is -0.370 e. The fourth-order valence-electron chi connectivity index (χ4n) is 3.21. The molecule has 0 amide bonds. The monoisotopic (exact) mass is 528 g/mol. The number of hydrogen-bond donors (Lipinski definition) is 2. The third kappa shape index (κ3) is 6.42. The Hall–Kier alpha value is -1.65. The second-order valence-electron chi connectivity index (χ2n) is 6.99. The molecule has 3 rings (SSSR count). The van der Waals surface area contributed by atoms with Crippen molar-refractivity contribution in [3.05, 3.63) is 59.7 Å². The van der Waals surface area contributed by atoms with Crippen LogP contribution in [0.15, 0.2) is 58.4 Å². The molecule has 1 aliphatic rings. The average Bonchev–Trinajstić information content (AvgIpc) is 2.74. The van der Waals surface area contributed by atoms with Crippen LogP contribution in [-0.4, -0.2) is 31.8 Å². The Labute approximate surface area is 190 Å². The Morgan fingerprint density at radius 3 is 2.17 bits per heavy atom. The second kappa shape index (κ2) is 10.9. The lowest BCUT2D eigenvalue weighted by molar-refractivity contribution is 0.346. The van der Waals surface area contributed by atoms with Crippen molar-refractivity contribution in [2.75, 3.05) is 18.4 Å². The van der Waals surface area contributed by atoms with E-state index in [2.05, 4.69) is 29.4 Å². The number of nitrogens with one attached hydrogen (secondary N) is 1. The first kappa shape index (κ1) is 23.6. The highest BCUT2D eigenvalue weighted by Crippen LogP contribution is 2.21. The van der Waals surface area contributed by atoms with Gasteiger partial charge in [-0.05, 0) is 54.7 Å². The molecule has 158 valence electrons. The molecule has 29 heavy (non-hydrogen) atoms. The molecule has 8 heteroatoms. The summed E-state index contributed by atoms with van der Waals surface area (Å²) < 4.78 is 26.9. The highest BCUT2D eigenvalue weighted by molar-refractivity contribution is 14.0. The molecule has 1 saturated heterocycles. The molecule has 0 atom stereocenters. The molecular formula is C21H29IN4O2S. The number of aliphatic imine (C=N–C) groups is 1. The van der Waals surface area contributed by atoms with E-state index in [0.717, 1.165) is 36.9 Å². The van der Waals surface area contributed by atoms with E-state index >= 15 is 0 Å². The smallest absolute Gasteiger partial charge is 0.243 e. The maximum Gasteiger partial charge on any atom is 0.243 e. The largest absolute Gasteiger partial charge is 0.370 e. The molecule has 2 aromatic rings. The first-order chi connectivity index (χ1) is 13.5. The fraction of sp³-hybridized carbons (Fsp3) is 0.381. The lowest BCUT2D eigenvalue weighted by Crippen LogP contribution is -2.35. The van der Waals surface area contributed by atoms with Crippen molar-refractivity contribution in [3.8, 4) is 0 Å². The Balaban J connectivity index is 0.00000300. The van der Waals surface area contributed by atoms with Gasteiger partial charge in [-0.2, -0.15) is 4.31 Å². The molecule has 1 heterocycles. The predicted molar refractivity (Wildman–Crippen MR) is 129 cm³/mol. The van der Waals surface area contributed by atoms with E-state index in [0.29, 0.717) is 30.5 Å². The molecule has 0 aromatic heterocycles. The molecule has 0 spiro atoms. The SMILES string of the molecule is CCc1ccc(NC(N)=NCc2ccc(S(=O)(=O)N3CCCCC3)cc2)cc1.I. The maximum atomic E-state index is 12.7. The zero-order valence-electron chi connectivity index (χ0n) is 16.7. The number of guanidine groups is 1. The third-order valence-corrected chi connectivity index (χ3v) is 6.86. The van der Waals surface area contributed by atoms with Crippen LogP contribution in [0.2, 0.25) is 0 Å². The third-order valence-electron chi connectivity index (χ3n) is 4.94. The van der Waals surface area contributed by atoms with Crippen molar-refractivity contribution >= 4 is 45.6 Å². The van der Waals surface area contributed by atoms with Crippen LogP contribution in [0.3, 0.4) is 0 Å². The van der Waals surface area contributed by atoms with E-state index in [1.54, 1.807) is 28.6 Å². The van der Waals surface area contributed by atoms with Gasteiger partial charge < -0.3 is 11.1 Å². The van der Waals surface area contributed by atoms with E-state index in [1.165, 1.54) is 5.56 Å². The summed E-state index contributed by atoms with van der Waals surface area (Å²) in [5, 5.41) is 3.07. The minimum absolute atomic E-state index is 0. The molecule has 0 saturated carbocycles. The number of benzene rings is 2. The number of nitrogens with two attached hydrogens (primary N) is 1. The maximum absolute atomic E-state index is 12.7. The Bertz CT molecular complexity index is 907. The van der Waals surface area contributed by atoms with Gasteiger partial charge in [0.2, 0.25) is 10.0 Å². The number of hydrogen-bond acceptors (Lipinski definition) is 3. The van der Waals surface area contributed by atoms with Crippen molar-refractivity contribution in [1.82, 2.24) is 4.31 Å². The van der Waals surface area contributed by atoms with Crippen LogP contribution in [0.1, 0.15) is 37.3 Å². The zero-order valence-corrected chi connectivity index (χ0v) is 19.8. The molecule has 0 aliphatic carbocycles. The Kier molecular flexibility index (Phi) is 8.91. The van der Waals surface area contributed by atoms with E-state index in [9.17, 15) is 8.42 Å². The van der Waals surface area contributed by atoms with Crippen molar-refractivity contribution in [3.63, 3.8) is 0 Å². The van der Waals surface area contributed by atoms with Crippen molar-refractivity contribution in [1.29, 1.82) is 0 Å². The van der Waals surface area contributed by atoms with Crippen molar-refractivity contribution in [2.24, 2.45) is 10.7 Å². The summed E-state index contributed by atoms with van der Waals surface area (Å²) in [6.45, 7) is 3.71. The molecule has 0 unspecified atom stereocenters. The molecule has 0 bridgehead atoms. The molecule has 2 aromatic carbocycles. The number of piperidine rings is 1. The van der Waals surface area contributed by atoms with Crippen LogP contribution in [0.5, 0.6) is 0 Å². The van der Waals surface area contributed by atoms with Crippen LogP contribution < -0.4 is 11.1 Å². The zero-order chi connectivity index (χ0) is 20.0. The van der Waals surface area contributed by atoms with Gasteiger partial charge in [0.05, 0.1) is 11.4 Å². The van der Waals surface area contributed by atoms with E-state index in [-0.39, 0.29) is 24.0 Å². The molecule has 3 N–H and O–H groups in total. The second-order valence-corrected chi connectivity index (χ2v) is 8.92. The highest BCUT2D eigenvalue weighted by Gasteiger charge is 2.25. The van der Waals surface area contributed by atoms with Crippen LogP contribution >= 0.6 is 24.0 Å². The number of nitrogens with zero attached hydrogens (tertiary/aromatic N) is 2. The predicted octanol–water partition coefficient (Wildman–Crippen LogP) is 3.97. The van der Waals surface area contributed by atoms with Gasteiger partial charge in [0.15, 0.2) is 5.96 Å². The number of anilines is 1. The Morgan fingerprint density at radius 1 is 1.00 bits per heavy atom. The van der Waals surface area contributed by atoms with Gasteiger partial charge in [0, 0.05) is 18.8 Å². The summed E-state index contributed by atoms with van der Waals surface area (Å²) in [6, 6.07) is 15.0. The number of halogens is 1. The van der Waals surface area contributed by atoms with Gasteiger partial charge in [-0.1, -0.05) is 37.6 Å². The van der Waals surface area contributed by atoms with Crippen molar-refractivity contribution in [2.45, 2.75) is 44.0 Å². The quantitative estimate of drug-likeness (QED) is 0.338. The molecule has 6 nitrogen and oxygen atoms in total. The summed E-state index contributed by atoms with van der Waals surface area (Å²) in [7, 11) is -3.40. The summed E-state index contributed by atoms with van der Waals surface area (Å²) in [4.78, 5) is 4.67. The Morgan fingerprint density at radius 2 is 1.59 bits per heavy atom. The summed E-state index contributed by atoms with van der Waals surface area (Å²) in [5.41, 5.74) is 9.02. The standard InChI is InChI=1S/C21H28N4O2S.HI/c1-2-17-6-10-19(11-7-17)24-21(22)23-16-18-8-12-20(13-9-18)28(26,27)25-14-4-3-5-15-25;/h6-13H,2-5,14-16H2,1H3,(H3,22,23,24);1H. The molecule has 0 radical (unpaired) electrons. The van der Waals surface area contributed by atoms with Crippen LogP contribution in [0, 0.1) is 0 Å². The van der Waals surface area contributed by atoms with Crippen LogP contribution in [0.25, 0.3) is 0 Å².